The molecule has 154 valence electrons. The third-order valence-electron chi connectivity index (χ3n) is 4.88. The minimum Gasteiger partial charge on any atom is -0.382 e. The van der Waals surface area contributed by atoms with E-state index < -0.39 is 9.84 Å². The van der Waals surface area contributed by atoms with Crippen LogP contribution in [0, 0.1) is 17.2 Å². The predicted octanol–water partition coefficient (Wildman–Crippen LogP) is 1.43. The predicted molar refractivity (Wildman–Crippen MR) is 108 cm³/mol. The number of rotatable bonds is 7. The molecular formula is C18H24N8O2S. The molecule has 2 aromatic rings. The number of aromatic nitrogens is 4. The van der Waals surface area contributed by atoms with E-state index in [-0.39, 0.29) is 16.5 Å². The van der Waals surface area contributed by atoms with E-state index in [1.807, 2.05) is 6.07 Å². The van der Waals surface area contributed by atoms with Crippen LogP contribution in [0.3, 0.4) is 0 Å². The minimum atomic E-state index is -3.53. The maximum absolute atomic E-state index is 12.4. The van der Waals surface area contributed by atoms with Crippen molar-refractivity contribution in [2.75, 3.05) is 43.1 Å². The van der Waals surface area contributed by atoms with Crippen LogP contribution in [0.5, 0.6) is 0 Å². The van der Waals surface area contributed by atoms with E-state index in [4.69, 9.17) is 5.26 Å². The lowest BCUT2D eigenvalue weighted by Gasteiger charge is -2.29. The topological polar surface area (TPSA) is 137 Å². The van der Waals surface area contributed by atoms with E-state index in [1.165, 1.54) is 12.4 Å². The second-order valence-electron chi connectivity index (χ2n) is 7.00. The summed E-state index contributed by atoms with van der Waals surface area (Å²) in [5, 5.41) is 22.9. The second kappa shape index (κ2) is 9.11. The Balaban J connectivity index is 1.80. The Morgan fingerprint density at radius 2 is 1.97 bits per heavy atom. The Morgan fingerprint density at radius 3 is 2.59 bits per heavy atom. The van der Waals surface area contributed by atoms with Gasteiger partial charge in [0.15, 0.2) is 21.3 Å². The molecule has 2 aromatic heterocycles. The number of nitriles is 1. The van der Waals surface area contributed by atoms with Crippen molar-refractivity contribution in [3.63, 3.8) is 0 Å². The lowest BCUT2D eigenvalue weighted by Crippen LogP contribution is -2.33. The van der Waals surface area contributed by atoms with Crippen LogP contribution in [0.25, 0.3) is 0 Å². The molecule has 0 bridgehead atoms. The summed E-state index contributed by atoms with van der Waals surface area (Å²) < 4.78 is 24.9. The summed E-state index contributed by atoms with van der Waals surface area (Å²) in [6.45, 7) is 4.31. The highest BCUT2D eigenvalue weighted by atomic mass is 32.2. The normalized spacial score (nSPS) is 15.6. The summed E-state index contributed by atoms with van der Waals surface area (Å²) in [5.41, 5.74) is 0.622. The quantitative estimate of drug-likeness (QED) is 0.682. The molecule has 0 unspecified atom stereocenters. The average molecular weight is 417 g/mol. The van der Waals surface area contributed by atoms with Crippen molar-refractivity contribution in [1.29, 1.82) is 5.26 Å². The highest BCUT2D eigenvalue weighted by molar-refractivity contribution is 7.91. The van der Waals surface area contributed by atoms with Crippen molar-refractivity contribution in [2.45, 2.75) is 24.8 Å². The van der Waals surface area contributed by atoms with E-state index in [0.717, 1.165) is 25.9 Å². The molecule has 3 heterocycles. The minimum absolute atomic E-state index is 0.0515. The maximum Gasteiger partial charge on any atom is 0.200 e. The largest absolute Gasteiger partial charge is 0.382 e. The highest BCUT2D eigenvalue weighted by Gasteiger charge is 2.22. The van der Waals surface area contributed by atoms with Crippen molar-refractivity contribution in [1.82, 2.24) is 25.1 Å². The van der Waals surface area contributed by atoms with Gasteiger partial charge in [-0.2, -0.15) is 5.26 Å². The van der Waals surface area contributed by atoms with E-state index in [9.17, 15) is 8.42 Å². The molecule has 0 amide bonds. The molecule has 0 aromatic carbocycles. The fourth-order valence-corrected chi connectivity index (χ4v) is 3.94. The van der Waals surface area contributed by atoms with Crippen LogP contribution in [0.2, 0.25) is 0 Å². The molecule has 1 aliphatic rings. The monoisotopic (exact) mass is 416 g/mol. The number of hydrogen-bond acceptors (Lipinski definition) is 10. The summed E-state index contributed by atoms with van der Waals surface area (Å²) >= 11 is 0. The van der Waals surface area contributed by atoms with Crippen LogP contribution in [0.15, 0.2) is 23.5 Å². The first-order valence-electron chi connectivity index (χ1n) is 9.43. The molecule has 3 rings (SSSR count). The Hall–Kier alpha value is -2.84. The average Bonchev–Trinajstić information content (AvgIpc) is 2.74. The van der Waals surface area contributed by atoms with E-state index >= 15 is 0 Å². The Labute approximate surface area is 170 Å². The molecule has 2 N–H and O–H groups in total. The zero-order valence-corrected chi connectivity index (χ0v) is 17.3. The van der Waals surface area contributed by atoms with Gasteiger partial charge in [0.1, 0.15) is 11.9 Å². The van der Waals surface area contributed by atoms with Gasteiger partial charge in [0.25, 0.3) is 0 Å². The number of likely N-dealkylation sites (tertiary alicyclic amines) is 1. The first-order valence-corrected chi connectivity index (χ1v) is 11.1. The molecule has 1 aliphatic heterocycles. The van der Waals surface area contributed by atoms with Gasteiger partial charge in [-0.1, -0.05) is 6.92 Å². The lowest BCUT2D eigenvalue weighted by molar-refractivity contribution is 0.226. The summed E-state index contributed by atoms with van der Waals surface area (Å²) in [7, 11) is -1.42. The summed E-state index contributed by atoms with van der Waals surface area (Å²) in [5.74, 6) is 1.13. The fraction of sp³-hybridized carbons (Fsp3) is 0.500. The number of nitrogens with zero attached hydrogens (tertiary/aromatic N) is 6. The maximum atomic E-state index is 12.4. The molecule has 0 radical (unpaired) electrons. The van der Waals surface area contributed by atoms with Gasteiger partial charge in [-0.15, -0.1) is 10.2 Å². The van der Waals surface area contributed by atoms with Crippen molar-refractivity contribution in [2.24, 2.45) is 5.92 Å². The number of sulfone groups is 1. The highest BCUT2D eigenvalue weighted by Crippen LogP contribution is 2.25. The molecule has 0 saturated carbocycles. The van der Waals surface area contributed by atoms with Crippen LogP contribution in [0.4, 0.5) is 17.3 Å². The van der Waals surface area contributed by atoms with Gasteiger partial charge in [-0.3, -0.25) is 0 Å². The van der Waals surface area contributed by atoms with Crippen molar-refractivity contribution in [3.05, 3.63) is 24.2 Å². The number of hydrogen-bond donors (Lipinski definition) is 2. The standard InChI is InChI=1S/C18H24N8O2S/c1-3-29(27,28)18-15(21-10-13-4-6-26(2)7-5-13)8-16(24-25-18)23-17-12-20-14(9-19)11-22-17/h8,11-13H,3-7,10H2,1-2H3,(H2,21,22,23,24). The molecular weight excluding hydrogens is 392 g/mol. The zero-order chi connectivity index (χ0) is 20.9. The van der Waals surface area contributed by atoms with Gasteiger partial charge >= 0.3 is 0 Å². The Kier molecular flexibility index (Phi) is 6.56. The third kappa shape index (κ3) is 5.36. The third-order valence-corrected chi connectivity index (χ3v) is 6.53. The smallest absolute Gasteiger partial charge is 0.200 e. The van der Waals surface area contributed by atoms with Gasteiger partial charge in [0.05, 0.1) is 23.8 Å². The van der Waals surface area contributed by atoms with E-state index in [0.29, 0.717) is 29.8 Å². The van der Waals surface area contributed by atoms with Gasteiger partial charge < -0.3 is 15.5 Å². The molecule has 29 heavy (non-hydrogen) atoms. The lowest BCUT2D eigenvalue weighted by atomic mass is 9.97. The molecule has 0 atom stereocenters. The fourth-order valence-electron chi connectivity index (χ4n) is 3.04. The van der Waals surface area contributed by atoms with E-state index in [2.05, 4.69) is 42.7 Å². The van der Waals surface area contributed by atoms with E-state index in [1.54, 1.807) is 13.0 Å². The van der Waals surface area contributed by atoms with Crippen molar-refractivity contribution < 1.29 is 8.42 Å². The molecule has 0 aliphatic carbocycles. The van der Waals surface area contributed by atoms with Crippen molar-refractivity contribution in [3.8, 4) is 6.07 Å². The first kappa shape index (κ1) is 20.9. The second-order valence-corrected chi connectivity index (χ2v) is 9.20. The number of anilines is 3. The number of piperidine rings is 1. The SMILES string of the molecule is CCS(=O)(=O)c1nnc(Nc2cnc(C#N)cn2)cc1NCC1CCN(C)CC1. The Bertz CT molecular complexity index is 980. The van der Waals surface area contributed by atoms with Crippen LogP contribution in [-0.2, 0) is 9.84 Å². The van der Waals surface area contributed by atoms with Crippen molar-refractivity contribution >= 4 is 27.2 Å². The summed E-state index contributed by atoms with van der Waals surface area (Å²) in [6, 6.07) is 3.51. The molecule has 10 nitrogen and oxygen atoms in total. The van der Waals surface area contributed by atoms with Gasteiger partial charge in [0, 0.05) is 12.6 Å². The number of nitrogens with one attached hydrogen (secondary N) is 2. The van der Waals surface area contributed by atoms with Gasteiger partial charge in [0.2, 0.25) is 5.03 Å². The Morgan fingerprint density at radius 1 is 1.21 bits per heavy atom. The molecule has 11 heteroatoms. The summed E-state index contributed by atoms with van der Waals surface area (Å²) in [4.78, 5) is 10.3. The van der Waals surface area contributed by atoms with Gasteiger partial charge in [-0.25, -0.2) is 18.4 Å². The molecule has 1 fully saturated rings. The summed E-state index contributed by atoms with van der Waals surface area (Å²) in [6.07, 6.45) is 4.86. The van der Waals surface area contributed by atoms with Crippen LogP contribution >= 0.6 is 0 Å². The van der Waals surface area contributed by atoms with Gasteiger partial charge in [-0.05, 0) is 38.9 Å². The van der Waals surface area contributed by atoms with Crippen LogP contribution in [-0.4, -0.2) is 65.9 Å². The molecule has 0 spiro atoms. The molecule has 1 saturated heterocycles. The van der Waals surface area contributed by atoms with Crippen LogP contribution in [0.1, 0.15) is 25.5 Å². The first-order chi connectivity index (χ1) is 13.9. The van der Waals surface area contributed by atoms with Crippen LogP contribution < -0.4 is 10.6 Å². The zero-order valence-electron chi connectivity index (χ0n) is 16.5.